The highest BCUT2D eigenvalue weighted by Gasteiger charge is 2.17. The van der Waals surface area contributed by atoms with Gasteiger partial charge in [-0.15, -0.1) is 0 Å². The lowest BCUT2D eigenvalue weighted by Gasteiger charge is -2.12. The van der Waals surface area contributed by atoms with E-state index in [-0.39, 0.29) is 11.7 Å². The Bertz CT molecular complexity index is 640. The third kappa shape index (κ3) is 2.75. The van der Waals surface area contributed by atoms with Gasteiger partial charge in [-0.1, -0.05) is 29.0 Å². The standard InChI is InChI=1S/C14H18N4OS/c1-7-5-8(2)10(9(3)6-7)17-13(19)11-12(15)18-14(16-4)20-11/h5-6H,15H2,1-4H3,(H,16,18)(H,17,19). The second kappa shape index (κ2) is 5.50. The van der Waals surface area contributed by atoms with Crippen molar-refractivity contribution in [1.29, 1.82) is 0 Å². The van der Waals surface area contributed by atoms with Crippen molar-refractivity contribution in [3.05, 3.63) is 33.7 Å². The normalized spacial score (nSPS) is 10.4. The molecule has 0 unspecified atom stereocenters. The Morgan fingerprint density at radius 1 is 1.25 bits per heavy atom. The highest BCUT2D eigenvalue weighted by atomic mass is 32.1. The van der Waals surface area contributed by atoms with Crippen molar-refractivity contribution in [3.8, 4) is 0 Å². The van der Waals surface area contributed by atoms with Gasteiger partial charge in [-0.2, -0.15) is 0 Å². The molecular formula is C14H18N4OS. The number of amides is 1. The summed E-state index contributed by atoms with van der Waals surface area (Å²) in [5.74, 6) is 0.0239. The van der Waals surface area contributed by atoms with Crippen LogP contribution in [-0.2, 0) is 0 Å². The molecule has 0 aliphatic rings. The fraction of sp³-hybridized carbons (Fsp3) is 0.286. The molecule has 6 heteroatoms. The number of nitrogen functional groups attached to an aromatic ring is 1. The first-order valence-corrected chi connectivity index (χ1v) is 7.07. The summed E-state index contributed by atoms with van der Waals surface area (Å²) >= 11 is 1.24. The first-order chi connectivity index (χ1) is 9.42. The molecule has 1 amide bonds. The van der Waals surface area contributed by atoms with Crippen molar-refractivity contribution in [1.82, 2.24) is 4.98 Å². The van der Waals surface area contributed by atoms with E-state index in [0.717, 1.165) is 16.8 Å². The topological polar surface area (TPSA) is 80.0 Å². The highest BCUT2D eigenvalue weighted by Crippen LogP contribution is 2.27. The van der Waals surface area contributed by atoms with E-state index in [1.165, 1.54) is 16.9 Å². The van der Waals surface area contributed by atoms with Crippen LogP contribution in [0.25, 0.3) is 0 Å². The van der Waals surface area contributed by atoms with Gasteiger partial charge in [0, 0.05) is 12.7 Å². The van der Waals surface area contributed by atoms with Crippen LogP contribution in [0.2, 0.25) is 0 Å². The number of carbonyl (C=O) groups is 1. The average Bonchev–Trinajstić information content (AvgIpc) is 2.75. The predicted octanol–water partition coefficient (Wildman–Crippen LogP) is 2.94. The van der Waals surface area contributed by atoms with E-state index < -0.39 is 0 Å². The van der Waals surface area contributed by atoms with Crippen molar-refractivity contribution in [2.75, 3.05) is 23.4 Å². The number of anilines is 3. The molecule has 106 valence electrons. The quantitative estimate of drug-likeness (QED) is 0.812. The Morgan fingerprint density at radius 3 is 2.35 bits per heavy atom. The highest BCUT2D eigenvalue weighted by molar-refractivity contribution is 7.18. The van der Waals surface area contributed by atoms with Crippen LogP contribution in [0, 0.1) is 20.8 Å². The number of carbonyl (C=O) groups excluding carboxylic acids is 1. The molecule has 0 saturated carbocycles. The monoisotopic (exact) mass is 290 g/mol. The maximum Gasteiger partial charge on any atom is 0.269 e. The van der Waals surface area contributed by atoms with Gasteiger partial charge in [0.05, 0.1) is 0 Å². The fourth-order valence-electron chi connectivity index (χ4n) is 2.15. The van der Waals surface area contributed by atoms with E-state index in [2.05, 4.69) is 15.6 Å². The van der Waals surface area contributed by atoms with Crippen molar-refractivity contribution < 1.29 is 4.79 Å². The van der Waals surface area contributed by atoms with Crippen LogP contribution < -0.4 is 16.4 Å². The molecule has 0 atom stereocenters. The maximum atomic E-state index is 12.3. The molecule has 0 saturated heterocycles. The minimum absolute atomic E-state index is 0.225. The second-order valence-electron chi connectivity index (χ2n) is 4.71. The number of nitrogens with zero attached hydrogens (tertiary/aromatic N) is 1. The van der Waals surface area contributed by atoms with Gasteiger partial charge in [-0.3, -0.25) is 4.79 Å². The van der Waals surface area contributed by atoms with Crippen LogP contribution in [-0.4, -0.2) is 17.9 Å². The molecule has 0 radical (unpaired) electrons. The van der Waals surface area contributed by atoms with Gasteiger partial charge in [0.1, 0.15) is 10.7 Å². The summed E-state index contributed by atoms with van der Waals surface area (Å²) in [6.07, 6.45) is 0. The number of aromatic nitrogens is 1. The lowest BCUT2D eigenvalue weighted by molar-refractivity contribution is 0.103. The molecule has 0 fully saturated rings. The number of aryl methyl sites for hydroxylation is 3. The SMILES string of the molecule is CNc1nc(N)c(C(=O)Nc2c(C)cc(C)cc2C)s1. The van der Waals surface area contributed by atoms with Gasteiger partial charge in [0.25, 0.3) is 5.91 Å². The molecule has 1 aromatic heterocycles. The molecule has 5 nitrogen and oxygen atoms in total. The van der Waals surface area contributed by atoms with Crippen molar-refractivity contribution in [3.63, 3.8) is 0 Å². The van der Waals surface area contributed by atoms with Crippen LogP contribution in [0.3, 0.4) is 0 Å². The maximum absolute atomic E-state index is 12.3. The zero-order chi connectivity index (χ0) is 14.9. The lowest BCUT2D eigenvalue weighted by Crippen LogP contribution is -2.14. The minimum Gasteiger partial charge on any atom is -0.382 e. The zero-order valence-electron chi connectivity index (χ0n) is 12.0. The number of thiazole rings is 1. The lowest BCUT2D eigenvalue weighted by atomic mass is 10.1. The van der Waals surface area contributed by atoms with E-state index in [1.807, 2.05) is 32.9 Å². The van der Waals surface area contributed by atoms with E-state index in [1.54, 1.807) is 7.05 Å². The van der Waals surface area contributed by atoms with Crippen LogP contribution in [0.4, 0.5) is 16.6 Å². The second-order valence-corrected chi connectivity index (χ2v) is 5.71. The Hall–Kier alpha value is -2.08. The Balaban J connectivity index is 2.30. The van der Waals surface area contributed by atoms with E-state index in [9.17, 15) is 4.79 Å². The summed E-state index contributed by atoms with van der Waals surface area (Å²) in [6, 6.07) is 4.08. The summed E-state index contributed by atoms with van der Waals surface area (Å²) in [5, 5.41) is 6.44. The van der Waals surface area contributed by atoms with Gasteiger partial charge < -0.3 is 16.4 Å². The van der Waals surface area contributed by atoms with Crippen LogP contribution in [0.1, 0.15) is 26.4 Å². The van der Waals surface area contributed by atoms with E-state index in [0.29, 0.717) is 10.0 Å². The first kappa shape index (κ1) is 14.3. The van der Waals surface area contributed by atoms with E-state index >= 15 is 0 Å². The predicted molar refractivity (Wildman–Crippen MR) is 84.7 cm³/mol. The Morgan fingerprint density at radius 2 is 1.85 bits per heavy atom. The summed E-state index contributed by atoms with van der Waals surface area (Å²) in [6.45, 7) is 5.99. The molecular weight excluding hydrogens is 272 g/mol. The summed E-state index contributed by atoms with van der Waals surface area (Å²) < 4.78 is 0. The first-order valence-electron chi connectivity index (χ1n) is 6.25. The van der Waals surface area contributed by atoms with Gasteiger partial charge in [-0.25, -0.2) is 4.98 Å². The van der Waals surface area contributed by atoms with Crippen LogP contribution in [0.15, 0.2) is 12.1 Å². The molecule has 1 heterocycles. The molecule has 0 spiro atoms. The summed E-state index contributed by atoms with van der Waals surface area (Å²) in [5.41, 5.74) is 9.85. The fourth-order valence-corrected chi connectivity index (χ4v) is 2.88. The smallest absolute Gasteiger partial charge is 0.269 e. The summed E-state index contributed by atoms with van der Waals surface area (Å²) in [7, 11) is 1.74. The molecule has 1 aromatic carbocycles. The molecule has 2 aromatic rings. The van der Waals surface area contributed by atoms with Crippen LogP contribution >= 0.6 is 11.3 Å². The number of rotatable bonds is 3. The molecule has 0 aliphatic carbocycles. The van der Waals surface area contributed by atoms with Gasteiger partial charge >= 0.3 is 0 Å². The van der Waals surface area contributed by atoms with Gasteiger partial charge in [0.2, 0.25) is 0 Å². The Kier molecular flexibility index (Phi) is 3.94. The number of hydrogen-bond donors (Lipinski definition) is 3. The van der Waals surface area contributed by atoms with Crippen LogP contribution in [0.5, 0.6) is 0 Å². The van der Waals surface area contributed by atoms with Crippen molar-refractivity contribution in [2.24, 2.45) is 0 Å². The van der Waals surface area contributed by atoms with E-state index in [4.69, 9.17) is 5.73 Å². The number of benzene rings is 1. The van der Waals surface area contributed by atoms with Crippen molar-refractivity contribution >= 4 is 33.9 Å². The number of hydrogen-bond acceptors (Lipinski definition) is 5. The van der Waals surface area contributed by atoms with Crippen molar-refractivity contribution in [2.45, 2.75) is 20.8 Å². The zero-order valence-corrected chi connectivity index (χ0v) is 12.8. The average molecular weight is 290 g/mol. The minimum atomic E-state index is -0.225. The molecule has 4 N–H and O–H groups in total. The third-order valence-electron chi connectivity index (χ3n) is 2.99. The van der Waals surface area contributed by atoms with Gasteiger partial charge in [0.15, 0.2) is 5.13 Å². The van der Waals surface area contributed by atoms with Gasteiger partial charge in [-0.05, 0) is 31.9 Å². The molecule has 0 aliphatic heterocycles. The molecule has 0 bridgehead atoms. The third-order valence-corrected chi connectivity index (χ3v) is 4.08. The summed E-state index contributed by atoms with van der Waals surface area (Å²) in [4.78, 5) is 16.8. The molecule has 20 heavy (non-hydrogen) atoms. The number of nitrogens with two attached hydrogens (primary N) is 1. The Labute approximate surface area is 122 Å². The number of nitrogens with one attached hydrogen (secondary N) is 2. The largest absolute Gasteiger partial charge is 0.382 e. The molecule has 2 rings (SSSR count).